The van der Waals surface area contributed by atoms with Gasteiger partial charge in [0.1, 0.15) is 0 Å². The van der Waals surface area contributed by atoms with E-state index in [0.29, 0.717) is 11.3 Å². The van der Waals surface area contributed by atoms with E-state index in [-0.39, 0.29) is 18.5 Å². The third kappa shape index (κ3) is 2.68. The Kier molecular flexibility index (Phi) is 3.81. The number of thioether (sulfide) groups is 1. The van der Waals surface area contributed by atoms with Crippen molar-refractivity contribution in [3.8, 4) is 0 Å². The van der Waals surface area contributed by atoms with Crippen molar-refractivity contribution in [1.29, 1.82) is 0 Å². The van der Waals surface area contributed by atoms with Gasteiger partial charge in [-0.25, -0.2) is 4.79 Å². The van der Waals surface area contributed by atoms with Crippen LogP contribution in [-0.2, 0) is 4.79 Å². The summed E-state index contributed by atoms with van der Waals surface area (Å²) in [5.41, 5.74) is 0. The van der Waals surface area contributed by atoms with Gasteiger partial charge >= 0.3 is 12.0 Å². The summed E-state index contributed by atoms with van der Waals surface area (Å²) >= 11 is 1.90. The lowest BCUT2D eigenvalue weighted by molar-refractivity contribution is -0.137. The monoisotopic (exact) mass is 258 g/mol. The Balaban J connectivity index is 1.76. The Labute approximate surface area is 105 Å². The Bertz CT molecular complexity index is 324. The van der Waals surface area contributed by atoms with Gasteiger partial charge in [-0.15, -0.1) is 0 Å². The molecule has 2 aliphatic heterocycles. The molecule has 0 aromatic heterocycles. The molecule has 2 heterocycles. The number of aliphatic carboxylic acids is 1. The molecule has 2 N–H and O–H groups in total. The predicted molar refractivity (Wildman–Crippen MR) is 66.2 cm³/mol. The molecule has 0 aromatic rings. The van der Waals surface area contributed by atoms with Crippen LogP contribution in [0.4, 0.5) is 4.79 Å². The van der Waals surface area contributed by atoms with Crippen LogP contribution in [0.1, 0.15) is 25.7 Å². The number of unbranched alkanes of at least 4 members (excludes halogenated alkanes) is 1. The molecule has 0 saturated carbocycles. The van der Waals surface area contributed by atoms with Crippen molar-refractivity contribution in [1.82, 2.24) is 10.2 Å². The second-order valence-corrected chi connectivity index (χ2v) is 5.94. The van der Waals surface area contributed by atoms with E-state index in [4.69, 9.17) is 5.11 Å². The van der Waals surface area contributed by atoms with Gasteiger partial charge in [-0.1, -0.05) is 6.42 Å². The number of carbonyl (C=O) groups excluding carboxylic acids is 1. The van der Waals surface area contributed by atoms with Gasteiger partial charge in [0.15, 0.2) is 0 Å². The van der Waals surface area contributed by atoms with Crippen LogP contribution in [0.5, 0.6) is 0 Å². The van der Waals surface area contributed by atoms with Crippen LogP contribution >= 0.6 is 11.8 Å². The number of amides is 2. The molecule has 5 nitrogen and oxygen atoms in total. The van der Waals surface area contributed by atoms with Gasteiger partial charge in [0.05, 0.1) is 12.1 Å². The van der Waals surface area contributed by atoms with Gasteiger partial charge in [0, 0.05) is 24.5 Å². The normalized spacial score (nSPS) is 31.5. The Hall–Kier alpha value is -0.910. The minimum Gasteiger partial charge on any atom is -0.481 e. The fourth-order valence-corrected chi connectivity index (χ4v) is 4.16. The Morgan fingerprint density at radius 1 is 1.59 bits per heavy atom. The molecular formula is C11H18N2O3S. The fraction of sp³-hybridized carbons (Fsp3) is 0.818. The summed E-state index contributed by atoms with van der Waals surface area (Å²) in [6.45, 7) is 0. The molecule has 0 aliphatic carbocycles. The molecule has 3 atom stereocenters. The maximum atomic E-state index is 11.5. The Morgan fingerprint density at radius 3 is 3.06 bits per heavy atom. The van der Waals surface area contributed by atoms with Crippen molar-refractivity contribution >= 4 is 23.8 Å². The Morgan fingerprint density at radius 2 is 2.35 bits per heavy atom. The topological polar surface area (TPSA) is 69.6 Å². The molecule has 0 spiro atoms. The third-order valence-electron chi connectivity index (χ3n) is 3.53. The minimum atomic E-state index is -0.726. The summed E-state index contributed by atoms with van der Waals surface area (Å²) in [5.74, 6) is 0.264. The highest BCUT2D eigenvalue weighted by atomic mass is 32.2. The highest BCUT2D eigenvalue weighted by Gasteiger charge is 2.45. The number of nitrogens with zero attached hydrogens (tertiary/aromatic N) is 1. The molecule has 0 aromatic carbocycles. The van der Waals surface area contributed by atoms with E-state index in [1.165, 1.54) is 0 Å². The zero-order valence-electron chi connectivity index (χ0n) is 9.89. The third-order valence-corrected chi connectivity index (χ3v) is 5.02. The largest absolute Gasteiger partial charge is 0.481 e. The number of urea groups is 1. The molecule has 0 bridgehead atoms. The number of nitrogens with one attached hydrogen (secondary N) is 1. The van der Waals surface area contributed by atoms with Crippen LogP contribution in [0.15, 0.2) is 0 Å². The lowest BCUT2D eigenvalue weighted by Crippen LogP contribution is -2.37. The summed E-state index contributed by atoms with van der Waals surface area (Å²) in [5, 5.41) is 12.0. The van der Waals surface area contributed by atoms with E-state index in [0.717, 1.165) is 25.0 Å². The van der Waals surface area contributed by atoms with E-state index in [2.05, 4.69) is 5.32 Å². The molecule has 2 rings (SSSR count). The standard InChI is InChI=1S/C11H18N2O3S/c1-13-7-6-17-8(10(7)12-11(13)16)4-2-3-5-9(14)15/h7-8,10H,2-6H2,1H3,(H,12,16)(H,14,15)/t7?,8-,10-/m0/s1. The second kappa shape index (κ2) is 5.16. The van der Waals surface area contributed by atoms with Crippen molar-refractivity contribution in [2.75, 3.05) is 12.8 Å². The average Bonchev–Trinajstić information content (AvgIpc) is 2.77. The van der Waals surface area contributed by atoms with E-state index in [1.54, 1.807) is 4.90 Å². The maximum Gasteiger partial charge on any atom is 0.317 e. The number of likely N-dealkylation sites (N-methyl/N-ethyl adjacent to an activating group) is 1. The van der Waals surface area contributed by atoms with E-state index in [9.17, 15) is 9.59 Å². The average molecular weight is 258 g/mol. The highest BCUT2D eigenvalue weighted by molar-refractivity contribution is 8.00. The van der Waals surface area contributed by atoms with Crippen molar-refractivity contribution in [2.24, 2.45) is 0 Å². The lowest BCUT2D eigenvalue weighted by Gasteiger charge is -2.17. The molecule has 2 saturated heterocycles. The summed E-state index contributed by atoms with van der Waals surface area (Å²) < 4.78 is 0. The van der Waals surface area contributed by atoms with Crippen LogP contribution in [0, 0.1) is 0 Å². The van der Waals surface area contributed by atoms with E-state index >= 15 is 0 Å². The SMILES string of the molecule is CN1C(=O)N[C@H]2C1CS[C@H]2CCCCC(=O)O. The number of carbonyl (C=O) groups is 2. The van der Waals surface area contributed by atoms with Crippen LogP contribution in [0.3, 0.4) is 0 Å². The summed E-state index contributed by atoms with van der Waals surface area (Å²) in [7, 11) is 1.84. The fourth-order valence-electron chi connectivity index (χ4n) is 2.50. The number of hydrogen-bond donors (Lipinski definition) is 2. The van der Waals surface area contributed by atoms with Gasteiger partial charge < -0.3 is 15.3 Å². The molecule has 2 amide bonds. The van der Waals surface area contributed by atoms with Gasteiger partial charge in [-0.2, -0.15) is 11.8 Å². The van der Waals surface area contributed by atoms with Gasteiger partial charge in [-0.05, 0) is 12.8 Å². The molecule has 1 unspecified atom stereocenters. The van der Waals surface area contributed by atoms with Crippen molar-refractivity contribution < 1.29 is 14.7 Å². The first-order valence-corrected chi connectivity index (χ1v) is 7.01. The smallest absolute Gasteiger partial charge is 0.317 e. The number of rotatable bonds is 5. The first kappa shape index (κ1) is 12.5. The van der Waals surface area contributed by atoms with Crippen LogP contribution < -0.4 is 5.32 Å². The number of carboxylic acid groups (broad SMARTS) is 1. The molecule has 0 radical (unpaired) electrons. The summed E-state index contributed by atoms with van der Waals surface area (Å²) in [6, 6.07) is 0.593. The molecular weight excluding hydrogens is 240 g/mol. The van der Waals surface area contributed by atoms with Gasteiger partial charge in [0.2, 0.25) is 0 Å². The minimum absolute atomic E-state index is 0.0239. The van der Waals surface area contributed by atoms with E-state index < -0.39 is 5.97 Å². The maximum absolute atomic E-state index is 11.5. The van der Waals surface area contributed by atoms with Crippen molar-refractivity contribution in [2.45, 2.75) is 43.0 Å². The molecule has 96 valence electrons. The summed E-state index contributed by atoms with van der Waals surface area (Å²) in [6.07, 6.45) is 2.89. The predicted octanol–water partition coefficient (Wildman–Crippen LogP) is 1.14. The molecule has 17 heavy (non-hydrogen) atoms. The molecule has 6 heteroatoms. The van der Waals surface area contributed by atoms with Gasteiger partial charge in [-0.3, -0.25) is 4.79 Å². The van der Waals surface area contributed by atoms with E-state index in [1.807, 2.05) is 18.8 Å². The number of hydrogen-bond acceptors (Lipinski definition) is 3. The first-order valence-electron chi connectivity index (χ1n) is 5.96. The van der Waals surface area contributed by atoms with Crippen LogP contribution in [0.2, 0.25) is 0 Å². The lowest BCUT2D eigenvalue weighted by atomic mass is 10.0. The van der Waals surface area contributed by atoms with Crippen molar-refractivity contribution in [3.05, 3.63) is 0 Å². The highest BCUT2D eigenvalue weighted by Crippen LogP contribution is 2.36. The zero-order valence-corrected chi connectivity index (χ0v) is 10.7. The number of fused-ring (bicyclic) bond motifs is 1. The molecule has 2 aliphatic rings. The first-order chi connectivity index (χ1) is 8.09. The van der Waals surface area contributed by atoms with Crippen LogP contribution in [0.25, 0.3) is 0 Å². The van der Waals surface area contributed by atoms with Gasteiger partial charge in [0.25, 0.3) is 0 Å². The zero-order chi connectivity index (χ0) is 12.4. The quantitative estimate of drug-likeness (QED) is 0.573. The van der Waals surface area contributed by atoms with Crippen LogP contribution in [-0.4, -0.2) is 52.1 Å². The summed E-state index contributed by atoms with van der Waals surface area (Å²) in [4.78, 5) is 23.7. The van der Waals surface area contributed by atoms with Crippen molar-refractivity contribution in [3.63, 3.8) is 0 Å². The number of carboxylic acids is 1. The molecule has 2 fully saturated rings. The second-order valence-electron chi connectivity index (χ2n) is 4.66.